The zero-order chi connectivity index (χ0) is 8.36. The van der Waals surface area contributed by atoms with Gasteiger partial charge >= 0.3 is 0 Å². The van der Waals surface area contributed by atoms with E-state index in [0.717, 1.165) is 0 Å². The second-order valence-corrected chi connectivity index (χ2v) is 2.64. The van der Waals surface area contributed by atoms with Crippen molar-refractivity contribution in [1.82, 2.24) is 0 Å². The first kappa shape index (κ1) is 10.5. The Labute approximate surface area is 71.0 Å². The number of allylic oxidation sites excluding steroid dienone is 4. The van der Waals surface area contributed by atoms with Crippen LogP contribution in [0.1, 0.15) is 39.5 Å². The van der Waals surface area contributed by atoms with Gasteiger partial charge in [-0.3, -0.25) is 0 Å². The molecule has 0 saturated carbocycles. The topological polar surface area (TPSA) is 0 Å². The molecule has 11 heavy (non-hydrogen) atoms. The number of unbranched alkanes of at least 4 members (excludes halogenated alkanes) is 3. The summed E-state index contributed by atoms with van der Waals surface area (Å²) in [5.41, 5.74) is 0. The van der Waals surface area contributed by atoms with E-state index in [2.05, 4.69) is 31.2 Å². The molecule has 0 rings (SSSR count). The Hall–Kier alpha value is -0.520. The molecule has 0 heterocycles. The molecule has 1 radical (unpaired) electrons. The van der Waals surface area contributed by atoms with Gasteiger partial charge in [0.1, 0.15) is 0 Å². The highest BCUT2D eigenvalue weighted by molar-refractivity contribution is 5.06. The third kappa shape index (κ3) is 9.48. The molecule has 0 nitrogen and oxygen atoms in total. The van der Waals surface area contributed by atoms with Crippen LogP contribution >= 0.6 is 0 Å². The van der Waals surface area contributed by atoms with E-state index in [4.69, 9.17) is 0 Å². The first-order chi connectivity index (χ1) is 5.41. The van der Waals surface area contributed by atoms with Crippen molar-refractivity contribution in [3.63, 3.8) is 0 Å². The van der Waals surface area contributed by atoms with E-state index in [9.17, 15) is 0 Å². The van der Waals surface area contributed by atoms with Crippen molar-refractivity contribution in [2.45, 2.75) is 39.5 Å². The Morgan fingerprint density at radius 3 is 2.45 bits per heavy atom. The molecule has 0 aliphatic heterocycles. The molecule has 0 aliphatic carbocycles. The van der Waals surface area contributed by atoms with Gasteiger partial charge in [-0.2, -0.15) is 0 Å². The molecule has 0 bridgehead atoms. The smallest absolute Gasteiger partial charge is 0.0198 e. The van der Waals surface area contributed by atoms with Crippen LogP contribution in [0, 0.1) is 6.42 Å². The minimum Gasteiger partial charge on any atom is -0.0845 e. The van der Waals surface area contributed by atoms with Crippen LogP contribution in [-0.2, 0) is 0 Å². The first-order valence-corrected chi connectivity index (χ1v) is 4.53. The van der Waals surface area contributed by atoms with Crippen molar-refractivity contribution in [3.8, 4) is 0 Å². The monoisotopic (exact) mass is 151 g/mol. The standard InChI is InChI=1S/C11H19/c1-3-5-7-9-11-10-8-6-4-2/h3,5,7,9,11H,4,6,8,10H2,1-2H3. The fourth-order valence-electron chi connectivity index (χ4n) is 0.862. The maximum absolute atomic E-state index is 2.23. The quantitative estimate of drug-likeness (QED) is 0.399. The molecule has 0 amide bonds. The molecular weight excluding hydrogens is 132 g/mol. The molecule has 0 aromatic carbocycles. The van der Waals surface area contributed by atoms with Gasteiger partial charge in [0.05, 0.1) is 0 Å². The highest BCUT2D eigenvalue weighted by atomic mass is 13.9. The first-order valence-electron chi connectivity index (χ1n) is 4.53. The number of hydrogen-bond donors (Lipinski definition) is 0. The van der Waals surface area contributed by atoms with E-state index in [1.165, 1.54) is 25.7 Å². The van der Waals surface area contributed by atoms with Gasteiger partial charge in [-0.05, 0) is 19.3 Å². The molecule has 0 N–H and O–H groups in total. The van der Waals surface area contributed by atoms with Crippen LogP contribution in [0.3, 0.4) is 0 Å². The van der Waals surface area contributed by atoms with Crippen LogP contribution in [0.2, 0.25) is 0 Å². The van der Waals surface area contributed by atoms with Crippen molar-refractivity contribution < 1.29 is 0 Å². The Kier molecular flexibility index (Phi) is 9.03. The second kappa shape index (κ2) is 9.48. The van der Waals surface area contributed by atoms with Crippen LogP contribution in [0.4, 0.5) is 0 Å². The van der Waals surface area contributed by atoms with Crippen molar-refractivity contribution >= 4 is 0 Å². The summed E-state index contributed by atoms with van der Waals surface area (Å²) in [6.07, 6.45) is 15.7. The third-order valence-electron chi connectivity index (χ3n) is 1.53. The lowest BCUT2D eigenvalue weighted by Gasteiger charge is -1.89. The van der Waals surface area contributed by atoms with Gasteiger partial charge in [-0.25, -0.2) is 0 Å². The maximum Gasteiger partial charge on any atom is -0.0198 e. The minimum absolute atomic E-state index is 1.22. The van der Waals surface area contributed by atoms with Gasteiger partial charge < -0.3 is 0 Å². The van der Waals surface area contributed by atoms with Gasteiger partial charge in [-0.1, -0.05) is 51.0 Å². The summed E-state index contributed by atoms with van der Waals surface area (Å²) >= 11 is 0. The highest BCUT2D eigenvalue weighted by Crippen LogP contribution is 1.99. The van der Waals surface area contributed by atoms with Crippen molar-refractivity contribution in [2.75, 3.05) is 0 Å². The molecule has 0 spiro atoms. The molecule has 0 aromatic rings. The van der Waals surface area contributed by atoms with E-state index in [0.29, 0.717) is 0 Å². The van der Waals surface area contributed by atoms with Gasteiger partial charge in [-0.15, -0.1) is 0 Å². The van der Waals surface area contributed by atoms with Crippen LogP contribution in [-0.4, -0.2) is 0 Å². The zero-order valence-electron chi connectivity index (χ0n) is 7.72. The normalized spacial score (nSPS) is 11.8. The number of rotatable bonds is 6. The average Bonchev–Trinajstić information content (AvgIpc) is 2.03. The Morgan fingerprint density at radius 2 is 1.82 bits per heavy atom. The third-order valence-corrected chi connectivity index (χ3v) is 1.53. The molecule has 0 aliphatic rings. The van der Waals surface area contributed by atoms with Crippen molar-refractivity contribution in [3.05, 3.63) is 30.7 Å². The van der Waals surface area contributed by atoms with Gasteiger partial charge in [0, 0.05) is 0 Å². The largest absolute Gasteiger partial charge is 0.0845 e. The molecule has 0 aromatic heterocycles. The molecule has 0 atom stereocenters. The van der Waals surface area contributed by atoms with Gasteiger partial charge in [0.2, 0.25) is 0 Å². The summed E-state index contributed by atoms with van der Waals surface area (Å²) in [4.78, 5) is 0. The fourth-order valence-corrected chi connectivity index (χ4v) is 0.862. The van der Waals surface area contributed by atoms with E-state index in [-0.39, 0.29) is 0 Å². The highest BCUT2D eigenvalue weighted by Gasteiger charge is 1.79. The Bertz CT molecular complexity index is 109. The summed E-state index contributed by atoms with van der Waals surface area (Å²) < 4.78 is 0. The summed E-state index contributed by atoms with van der Waals surface area (Å²) in [6, 6.07) is 0. The summed E-state index contributed by atoms with van der Waals surface area (Å²) in [5, 5.41) is 0. The molecule has 0 saturated heterocycles. The maximum atomic E-state index is 2.23. The summed E-state index contributed by atoms with van der Waals surface area (Å²) in [6.45, 7) is 4.26. The zero-order valence-corrected chi connectivity index (χ0v) is 7.72. The molecule has 0 unspecified atom stereocenters. The SMILES string of the molecule is C[CH]C=CC=CCCCCC. The van der Waals surface area contributed by atoms with Crippen molar-refractivity contribution in [2.24, 2.45) is 0 Å². The lowest BCUT2D eigenvalue weighted by atomic mass is 10.2. The molecule has 0 heteroatoms. The predicted molar refractivity (Wildman–Crippen MR) is 52.4 cm³/mol. The van der Waals surface area contributed by atoms with Crippen LogP contribution in [0.25, 0.3) is 0 Å². The molecule has 63 valence electrons. The lowest BCUT2D eigenvalue weighted by molar-refractivity contribution is 0.729. The number of hydrogen-bond acceptors (Lipinski definition) is 0. The van der Waals surface area contributed by atoms with Crippen LogP contribution < -0.4 is 0 Å². The fraction of sp³-hybridized carbons (Fsp3) is 0.545. The van der Waals surface area contributed by atoms with Crippen LogP contribution in [0.15, 0.2) is 24.3 Å². The van der Waals surface area contributed by atoms with E-state index >= 15 is 0 Å². The van der Waals surface area contributed by atoms with Crippen molar-refractivity contribution in [1.29, 1.82) is 0 Å². The van der Waals surface area contributed by atoms with E-state index in [1.807, 2.05) is 13.3 Å². The molecule has 0 fully saturated rings. The van der Waals surface area contributed by atoms with E-state index in [1.54, 1.807) is 0 Å². The Morgan fingerprint density at radius 1 is 1.00 bits per heavy atom. The minimum atomic E-state index is 1.22. The Balaban J connectivity index is 3.09. The molecular formula is C11H19. The second-order valence-electron chi connectivity index (χ2n) is 2.64. The predicted octanol–water partition coefficient (Wildman–Crippen LogP) is 3.90. The average molecular weight is 151 g/mol. The van der Waals surface area contributed by atoms with E-state index < -0.39 is 0 Å². The van der Waals surface area contributed by atoms with Crippen LogP contribution in [0.5, 0.6) is 0 Å². The summed E-state index contributed by atoms with van der Waals surface area (Å²) in [7, 11) is 0. The lowest BCUT2D eigenvalue weighted by Crippen LogP contribution is -1.69. The van der Waals surface area contributed by atoms with Gasteiger partial charge in [0.25, 0.3) is 0 Å². The van der Waals surface area contributed by atoms with Gasteiger partial charge in [0.15, 0.2) is 0 Å². The summed E-state index contributed by atoms with van der Waals surface area (Å²) in [5.74, 6) is 0.